The number of benzene rings is 2. The summed E-state index contributed by atoms with van der Waals surface area (Å²) in [6.07, 6.45) is -0.332. The van der Waals surface area contributed by atoms with Crippen molar-refractivity contribution in [2.45, 2.75) is 38.2 Å². The monoisotopic (exact) mass is 357 g/mol. The van der Waals surface area contributed by atoms with Crippen molar-refractivity contribution in [3.63, 3.8) is 0 Å². The number of Topliss-reactive ketones (excluding diaryl/α,β-unsaturated/α-hetero) is 1. The maximum atomic E-state index is 12.6. The molecule has 1 heterocycles. The van der Waals surface area contributed by atoms with Crippen LogP contribution in [-0.4, -0.2) is 16.8 Å². The van der Waals surface area contributed by atoms with Gasteiger partial charge in [-0.05, 0) is 29.2 Å². The normalized spacial score (nSPS) is 19.5. The second kappa shape index (κ2) is 5.97. The molecule has 0 radical (unpaired) electrons. The molecule has 0 unspecified atom stereocenters. The van der Waals surface area contributed by atoms with Crippen LogP contribution in [0, 0.1) is 0 Å². The van der Waals surface area contributed by atoms with Crippen molar-refractivity contribution in [1.29, 1.82) is 0 Å². The standard InChI is InChI=1S/C20H20ClNO3/c1-19(2,3)13-6-4-12(5-7-13)17(23)11-20(25)15-10-14(21)8-9-16(15)22-18(20)24/h4-10,25H,11H2,1-3H3,(H,22,24)/t20-/m1/s1. The number of carbonyl (C=O) groups excluding carboxylic acids is 2. The van der Waals surface area contributed by atoms with Gasteiger partial charge in [-0.2, -0.15) is 0 Å². The van der Waals surface area contributed by atoms with Crippen LogP contribution in [0.1, 0.15) is 48.7 Å². The smallest absolute Gasteiger partial charge is 0.261 e. The van der Waals surface area contributed by atoms with Gasteiger partial charge < -0.3 is 10.4 Å². The Morgan fingerprint density at radius 3 is 2.40 bits per heavy atom. The second-order valence-corrected chi connectivity index (χ2v) is 7.87. The van der Waals surface area contributed by atoms with Crippen LogP contribution in [0.5, 0.6) is 0 Å². The third kappa shape index (κ3) is 3.20. The first kappa shape index (κ1) is 17.6. The van der Waals surface area contributed by atoms with Gasteiger partial charge in [0.1, 0.15) is 0 Å². The van der Waals surface area contributed by atoms with Crippen molar-refractivity contribution in [3.8, 4) is 0 Å². The minimum atomic E-state index is -1.90. The molecule has 1 amide bonds. The number of fused-ring (bicyclic) bond motifs is 1. The fourth-order valence-corrected chi connectivity index (χ4v) is 3.15. The number of ketones is 1. The van der Waals surface area contributed by atoms with Crippen LogP contribution < -0.4 is 5.32 Å². The first-order valence-corrected chi connectivity index (χ1v) is 8.47. The summed E-state index contributed by atoms with van der Waals surface area (Å²) >= 11 is 5.98. The molecule has 130 valence electrons. The predicted octanol–water partition coefficient (Wildman–Crippen LogP) is 4.05. The molecule has 4 nitrogen and oxygen atoms in total. The molecule has 5 heteroatoms. The van der Waals surface area contributed by atoms with Crippen molar-refractivity contribution in [3.05, 3.63) is 64.2 Å². The molecule has 0 saturated carbocycles. The van der Waals surface area contributed by atoms with Crippen molar-refractivity contribution in [1.82, 2.24) is 0 Å². The summed E-state index contributed by atoms with van der Waals surface area (Å²) in [5.41, 5.74) is 0.474. The Morgan fingerprint density at radius 2 is 1.80 bits per heavy atom. The number of amides is 1. The number of carbonyl (C=O) groups is 2. The third-order valence-electron chi connectivity index (χ3n) is 4.54. The summed E-state index contributed by atoms with van der Waals surface area (Å²) in [6.45, 7) is 6.28. The zero-order valence-electron chi connectivity index (χ0n) is 14.4. The molecular formula is C20H20ClNO3. The van der Waals surface area contributed by atoms with Gasteiger partial charge in [0.2, 0.25) is 0 Å². The Balaban J connectivity index is 1.88. The van der Waals surface area contributed by atoms with E-state index in [-0.39, 0.29) is 17.6 Å². The molecule has 0 aliphatic carbocycles. The van der Waals surface area contributed by atoms with Gasteiger partial charge in [-0.3, -0.25) is 9.59 Å². The fourth-order valence-electron chi connectivity index (χ4n) is 2.98. The molecule has 0 aromatic heterocycles. The average Bonchev–Trinajstić information content (AvgIpc) is 2.78. The highest BCUT2D eigenvalue weighted by Gasteiger charge is 2.46. The van der Waals surface area contributed by atoms with E-state index in [1.54, 1.807) is 24.3 Å². The molecule has 1 atom stereocenters. The molecule has 2 aromatic carbocycles. The van der Waals surface area contributed by atoms with Crippen LogP contribution >= 0.6 is 11.6 Å². The summed E-state index contributed by atoms with van der Waals surface area (Å²) in [6, 6.07) is 12.0. The van der Waals surface area contributed by atoms with E-state index in [2.05, 4.69) is 26.1 Å². The van der Waals surface area contributed by atoms with E-state index in [0.717, 1.165) is 5.56 Å². The highest BCUT2D eigenvalue weighted by atomic mass is 35.5. The lowest BCUT2D eigenvalue weighted by Crippen LogP contribution is -2.36. The number of rotatable bonds is 3. The van der Waals surface area contributed by atoms with Crippen LogP contribution in [0.2, 0.25) is 5.02 Å². The first-order chi connectivity index (χ1) is 11.6. The first-order valence-electron chi connectivity index (χ1n) is 8.09. The minimum absolute atomic E-state index is 0.0131. The van der Waals surface area contributed by atoms with Crippen molar-refractivity contribution in [2.75, 3.05) is 5.32 Å². The number of aliphatic hydroxyl groups is 1. The topological polar surface area (TPSA) is 66.4 Å². The van der Waals surface area contributed by atoms with Crippen LogP contribution in [0.25, 0.3) is 0 Å². The second-order valence-electron chi connectivity index (χ2n) is 7.43. The van der Waals surface area contributed by atoms with Gasteiger partial charge in [0.25, 0.3) is 5.91 Å². The quantitative estimate of drug-likeness (QED) is 0.814. The van der Waals surface area contributed by atoms with Gasteiger partial charge >= 0.3 is 0 Å². The molecule has 2 N–H and O–H groups in total. The Kier molecular flexibility index (Phi) is 4.21. The summed E-state index contributed by atoms with van der Waals surface area (Å²) in [4.78, 5) is 24.9. The van der Waals surface area contributed by atoms with E-state index in [0.29, 0.717) is 21.8 Å². The van der Waals surface area contributed by atoms with Crippen LogP contribution in [0.3, 0.4) is 0 Å². The van der Waals surface area contributed by atoms with Gasteiger partial charge in [0.15, 0.2) is 11.4 Å². The Morgan fingerprint density at radius 1 is 1.16 bits per heavy atom. The zero-order valence-corrected chi connectivity index (χ0v) is 15.1. The lowest BCUT2D eigenvalue weighted by Gasteiger charge is -2.21. The zero-order chi connectivity index (χ0) is 18.4. The van der Waals surface area contributed by atoms with E-state index >= 15 is 0 Å². The van der Waals surface area contributed by atoms with E-state index in [9.17, 15) is 14.7 Å². The number of anilines is 1. The predicted molar refractivity (Wildman–Crippen MR) is 98.1 cm³/mol. The van der Waals surface area contributed by atoms with Crippen LogP contribution in [0.4, 0.5) is 5.69 Å². The van der Waals surface area contributed by atoms with Crippen molar-refractivity contribution < 1.29 is 14.7 Å². The van der Waals surface area contributed by atoms with Crippen LogP contribution in [-0.2, 0) is 15.8 Å². The molecule has 25 heavy (non-hydrogen) atoms. The average molecular weight is 358 g/mol. The lowest BCUT2D eigenvalue weighted by atomic mass is 9.85. The molecule has 2 aromatic rings. The Bertz CT molecular complexity index is 852. The fraction of sp³-hybridized carbons (Fsp3) is 0.300. The van der Waals surface area contributed by atoms with Gasteiger partial charge in [-0.15, -0.1) is 0 Å². The van der Waals surface area contributed by atoms with E-state index < -0.39 is 11.5 Å². The van der Waals surface area contributed by atoms with Gasteiger partial charge in [0.05, 0.1) is 6.42 Å². The summed E-state index contributed by atoms with van der Waals surface area (Å²) in [7, 11) is 0. The molecule has 1 aliphatic heterocycles. The number of hydrogen-bond acceptors (Lipinski definition) is 3. The molecule has 0 fully saturated rings. The van der Waals surface area contributed by atoms with Gasteiger partial charge in [-0.25, -0.2) is 0 Å². The molecule has 0 bridgehead atoms. The van der Waals surface area contributed by atoms with E-state index in [1.165, 1.54) is 6.07 Å². The summed E-state index contributed by atoms with van der Waals surface area (Å²) < 4.78 is 0. The van der Waals surface area contributed by atoms with Crippen molar-refractivity contribution >= 4 is 29.0 Å². The number of nitrogens with one attached hydrogen (secondary N) is 1. The summed E-state index contributed by atoms with van der Waals surface area (Å²) in [5, 5.41) is 13.9. The lowest BCUT2D eigenvalue weighted by molar-refractivity contribution is -0.133. The molecule has 0 saturated heterocycles. The number of hydrogen-bond donors (Lipinski definition) is 2. The highest BCUT2D eigenvalue weighted by Crippen LogP contribution is 2.40. The van der Waals surface area contributed by atoms with Gasteiger partial charge in [0, 0.05) is 21.8 Å². The molecule has 0 spiro atoms. The summed E-state index contributed by atoms with van der Waals surface area (Å²) in [5.74, 6) is -0.907. The van der Waals surface area contributed by atoms with E-state index in [1.807, 2.05) is 12.1 Å². The highest BCUT2D eigenvalue weighted by molar-refractivity contribution is 6.31. The maximum absolute atomic E-state index is 12.6. The Labute approximate surface area is 151 Å². The maximum Gasteiger partial charge on any atom is 0.261 e. The minimum Gasteiger partial charge on any atom is -0.375 e. The third-order valence-corrected chi connectivity index (χ3v) is 4.78. The van der Waals surface area contributed by atoms with Crippen molar-refractivity contribution in [2.24, 2.45) is 0 Å². The largest absolute Gasteiger partial charge is 0.375 e. The van der Waals surface area contributed by atoms with Crippen LogP contribution in [0.15, 0.2) is 42.5 Å². The Hall–Kier alpha value is -2.17. The molecule has 3 rings (SSSR count). The number of halogens is 1. The SMILES string of the molecule is CC(C)(C)c1ccc(C(=O)C[C@]2(O)C(=O)Nc3ccc(Cl)cc32)cc1. The van der Waals surface area contributed by atoms with Gasteiger partial charge in [-0.1, -0.05) is 56.6 Å². The molecular weight excluding hydrogens is 338 g/mol. The van der Waals surface area contributed by atoms with E-state index in [4.69, 9.17) is 11.6 Å². The molecule has 1 aliphatic rings.